The van der Waals surface area contributed by atoms with E-state index in [-0.39, 0.29) is 24.5 Å². The number of nitrogens with zero attached hydrogens (tertiary/aromatic N) is 1. The van der Waals surface area contributed by atoms with E-state index in [0.717, 1.165) is 11.1 Å². The highest BCUT2D eigenvalue weighted by atomic mass is 35.5. The molecule has 1 aliphatic rings. The minimum atomic E-state index is -3.80. The molecule has 0 saturated carbocycles. The molecule has 0 aromatic heterocycles. The number of aryl methyl sites for hydroxylation is 1. The molecule has 8 nitrogen and oxygen atoms in total. The molecule has 0 spiro atoms. The highest BCUT2D eigenvalue weighted by molar-refractivity contribution is 7.89. The molecular weight excluding hydrogens is 454 g/mol. The summed E-state index contributed by atoms with van der Waals surface area (Å²) >= 11 is 5.84. The van der Waals surface area contributed by atoms with E-state index in [4.69, 9.17) is 16.3 Å². The first-order valence-electron chi connectivity index (χ1n) is 10.3. The van der Waals surface area contributed by atoms with Gasteiger partial charge >= 0.3 is 11.8 Å². The van der Waals surface area contributed by atoms with Crippen molar-refractivity contribution in [1.29, 1.82) is 0 Å². The second-order valence-corrected chi connectivity index (χ2v) is 9.78. The standard InChI is InChI=1S/C22H26ClN3O5S/c1-16-3-9-19(10-4-16)32(29,30)26-13-2-14-31-20(26)15-25-22(28)21(27)24-12-11-17-5-7-18(23)8-6-17/h3-10,20H,2,11-15H2,1H3,(H,24,27)(H,25,28)/t20-/m0/s1. The van der Waals surface area contributed by atoms with E-state index in [0.29, 0.717) is 24.5 Å². The summed E-state index contributed by atoms with van der Waals surface area (Å²) in [5.74, 6) is -1.63. The van der Waals surface area contributed by atoms with Gasteiger partial charge in [-0.3, -0.25) is 9.59 Å². The number of sulfonamides is 1. The number of ether oxygens (including phenoxy) is 1. The Kier molecular flexibility index (Phi) is 8.25. The Bertz CT molecular complexity index is 1040. The first kappa shape index (κ1) is 24.2. The van der Waals surface area contributed by atoms with Crippen molar-refractivity contribution in [2.45, 2.75) is 30.9 Å². The third kappa shape index (κ3) is 6.29. The number of amides is 2. The van der Waals surface area contributed by atoms with Crippen molar-refractivity contribution in [3.05, 3.63) is 64.7 Å². The lowest BCUT2D eigenvalue weighted by Gasteiger charge is -2.34. The number of hydrogen-bond acceptors (Lipinski definition) is 5. The van der Waals surface area contributed by atoms with E-state index < -0.39 is 28.1 Å². The second kappa shape index (κ2) is 10.9. The molecule has 32 heavy (non-hydrogen) atoms. The molecule has 3 rings (SSSR count). The summed E-state index contributed by atoms with van der Waals surface area (Å²) in [6.07, 6.45) is 0.200. The Hall–Kier alpha value is -2.46. The number of hydrogen-bond donors (Lipinski definition) is 2. The Morgan fingerprint density at radius 2 is 1.72 bits per heavy atom. The van der Waals surface area contributed by atoms with E-state index in [1.54, 1.807) is 36.4 Å². The number of benzene rings is 2. The van der Waals surface area contributed by atoms with Crippen LogP contribution in [0.3, 0.4) is 0 Å². The Morgan fingerprint density at radius 3 is 2.41 bits per heavy atom. The third-order valence-corrected chi connectivity index (χ3v) is 7.19. The van der Waals surface area contributed by atoms with Gasteiger partial charge in [-0.25, -0.2) is 8.42 Å². The minimum absolute atomic E-state index is 0.130. The average Bonchev–Trinajstić information content (AvgIpc) is 2.79. The normalized spacial score (nSPS) is 17.0. The van der Waals surface area contributed by atoms with Gasteiger partial charge in [0, 0.05) is 18.1 Å². The van der Waals surface area contributed by atoms with E-state index >= 15 is 0 Å². The molecular formula is C22H26ClN3O5S. The maximum Gasteiger partial charge on any atom is 0.309 e. The lowest BCUT2D eigenvalue weighted by molar-refractivity contribution is -0.140. The number of carbonyl (C=O) groups excluding carboxylic acids is 2. The van der Waals surface area contributed by atoms with Crippen molar-refractivity contribution < 1.29 is 22.7 Å². The molecule has 172 valence electrons. The van der Waals surface area contributed by atoms with Gasteiger partial charge in [0.15, 0.2) is 0 Å². The fourth-order valence-corrected chi connectivity index (χ4v) is 4.95. The molecule has 2 aromatic rings. The summed E-state index contributed by atoms with van der Waals surface area (Å²) in [4.78, 5) is 24.4. The molecule has 2 N–H and O–H groups in total. The van der Waals surface area contributed by atoms with Crippen LogP contribution in [0.1, 0.15) is 17.5 Å². The van der Waals surface area contributed by atoms with Crippen molar-refractivity contribution in [1.82, 2.24) is 14.9 Å². The second-order valence-electron chi connectivity index (χ2n) is 7.45. The van der Waals surface area contributed by atoms with Crippen LogP contribution in [-0.2, 0) is 30.8 Å². The van der Waals surface area contributed by atoms with Crippen molar-refractivity contribution in [3.8, 4) is 0 Å². The number of carbonyl (C=O) groups is 2. The molecule has 1 aliphatic heterocycles. The number of rotatable bonds is 7. The molecule has 0 aliphatic carbocycles. The van der Waals surface area contributed by atoms with Gasteiger partial charge in [0.05, 0.1) is 18.0 Å². The molecule has 2 aromatic carbocycles. The van der Waals surface area contributed by atoms with Gasteiger partial charge in [-0.1, -0.05) is 41.4 Å². The van der Waals surface area contributed by atoms with Crippen LogP contribution in [0.15, 0.2) is 53.4 Å². The maximum atomic E-state index is 13.0. The Labute approximate surface area is 192 Å². The molecule has 0 bridgehead atoms. The van der Waals surface area contributed by atoms with Gasteiger partial charge < -0.3 is 15.4 Å². The molecule has 1 saturated heterocycles. The highest BCUT2D eigenvalue weighted by Crippen LogP contribution is 2.22. The van der Waals surface area contributed by atoms with E-state index in [1.807, 2.05) is 19.1 Å². The fourth-order valence-electron chi connectivity index (χ4n) is 3.26. The van der Waals surface area contributed by atoms with Crippen LogP contribution >= 0.6 is 11.6 Å². The van der Waals surface area contributed by atoms with Crippen LogP contribution in [0, 0.1) is 6.92 Å². The van der Waals surface area contributed by atoms with Crippen molar-refractivity contribution in [3.63, 3.8) is 0 Å². The van der Waals surface area contributed by atoms with Crippen molar-refractivity contribution in [2.75, 3.05) is 26.2 Å². The molecule has 10 heteroatoms. The van der Waals surface area contributed by atoms with Crippen LogP contribution in [-0.4, -0.2) is 57.0 Å². The first-order valence-corrected chi connectivity index (χ1v) is 12.1. The quantitative estimate of drug-likeness (QED) is 0.590. The Morgan fingerprint density at radius 1 is 1.06 bits per heavy atom. The lowest BCUT2D eigenvalue weighted by Crippen LogP contribution is -2.53. The van der Waals surface area contributed by atoms with E-state index in [2.05, 4.69) is 10.6 Å². The Balaban J connectivity index is 1.53. The fraction of sp³-hybridized carbons (Fsp3) is 0.364. The molecule has 0 unspecified atom stereocenters. The zero-order chi connectivity index (χ0) is 23.1. The average molecular weight is 480 g/mol. The number of nitrogens with one attached hydrogen (secondary N) is 2. The van der Waals surface area contributed by atoms with Crippen LogP contribution in [0.5, 0.6) is 0 Å². The molecule has 1 heterocycles. The smallest absolute Gasteiger partial charge is 0.309 e. The van der Waals surface area contributed by atoms with E-state index in [9.17, 15) is 18.0 Å². The highest BCUT2D eigenvalue weighted by Gasteiger charge is 2.34. The summed E-state index contributed by atoms with van der Waals surface area (Å²) in [5, 5.41) is 5.65. The zero-order valence-corrected chi connectivity index (χ0v) is 19.3. The SMILES string of the molecule is Cc1ccc(S(=O)(=O)N2CCCO[C@H]2CNC(=O)C(=O)NCCc2ccc(Cl)cc2)cc1. The van der Waals surface area contributed by atoms with E-state index in [1.165, 1.54) is 4.31 Å². The van der Waals surface area contributed by atoms with Crippen molar-refractivity contribution in [2.24, 2.45) is 0 Å². The van der Waals surface area contributed by atoms with Gasteiger partial charge in [0.2, 0.25) is 10.0 Å². The van der Waals surface area contributed by atoms with Gasteiger partial charge in [0.1, 0.15) is 6.23 Å². The van der Waals surface area contributed by atoms with Gasteiger partial charge in [0.25, 0.3) is 0 Å². The van der Waals surface area contributed by atoms with Crippen LogP contribution in [0.2, 0.25) is 5.02 Å². The topological polar surface area (TPSA) is 105 Å². The molecule has 1 atom stereocenters. The minimum Gasteiger partial charge on any atom is -0.360 e. The number of halogens is 1. The van der Waals surface area contributed by atoms with Gasteiger partial charge in [-0.2, -0.15) is 4.31 Å². The van der Waals surface area contributed by atoms with Crippen LogP contribution in [0.25, 0.3) is 0 Å². The third-order valence-electron chi connectivity index (χ3n) is 5.04. The van der Waals surface area contributed by atoms with Crippen LogP contribution < -0.4 is 10.6 Å². The first-order chi connectivity index (χ1) is 15.3. The summed E-state index contributed by atoms with van der Waals surface area (Å²) < 4.78 is 32.9. The summed E-state index contributed by atoms with van der Waals surface area (Å²) in [6.45, 7) is 2.66. The molecule has 1 fully saturated rings. The summed E-state index contributed by atoms with van der Waals surface area (Å²) in [6, 6.07) is 13.7. The van der Waals surface area contributed by atoms with Gasteiger partial charge in [-0.15, -0.1) is 0 Å². The van der Waals surface area contributed by atoms with Gasteiger partial charge in [-0.05, 0) is 49.6 Å². The van der Waals surface area contributed by atoms with Crippen LogP contribution in [0.4, 0.5) is 0 Å². The summed E-state index contributed by atoms with van der Waals surface area (Å²) in [5.41, 5.74) is 1.92. The molecule has 0 radical (unpaired) electrons. The molecule has 2 amide bonds. The largest absolute Gasteiger partial charge is 0.360 e. The predicted octanol–water partition coefficient (Wildman–Crippen LogP) is 1.86. The van der Waals surface area contributed by atoms with Crippen molar-refractivity contribution >= 4 is 33.4 Å². The lowest BCUT2D eigenvalue weighted by atomic mass is 10.1. The maximum absolute atomic E-state index is 13.0. The zero-order valence-electron chi connectivity index (χ0n) is 17.7. The summed E-state index contributed by atoms with van der Waals surface area (Å²) in [7, 11) is -3.80. The monoisotopic (exact) mass is 479 g/mol. The predicted molar refractivity (Wildman–Crippen MR) is 121 cm³/mol.